The summed E-state index contributed by atoms with van der Waals surface area (Å²) in [6.45, 7) is 8.37. The van der Waals surface area contributed by atoms with Crippen LogP contribution in [-0.4, -0.2) is 23.6 Å². The van der Waals surface area contributed by atoms with Crippen LogP contribution in [0.2, 0.25) is 0 Å². The van der Waals surface area contributed by atoms with Crippen LogP contribution in [0.25, 0.3) is 11.1 Å². The van der Waals surface area contributed by atoms with E-state index < -0.39 is 0 Å². The minimum absolute atomic E-state index is 0.375. The minimum Gasteiger partial charge on any atom is -0.457 e. The van der Waals surface area contributed by atoms with E-state index in [0.29, 0.717) is 22.9 Å². The van der Waals surface area contributed by atoms with Crippen LogP contribution in [0, 0.1) is 0 Å². The smallest absolute Gasteiger partial charge is 0.258 e. The van der Waals surface area contributed by atoms with Gasteiger partial charge in [0.2, 0.25) is 0 Å². The van der Waals surface area contributed by atoms with E-state index in [1.165, 1.54) is 24.3 Å². The van der Waals surface area contributed by atoms with Crippen molar-refractivity contribution in [2.24, 2.45) is 0 Å². The van der Waals surface area contributed by atoms with E-state index in [1.807, 2.05) is 12.1 Å². The van der Waals surface area contributed by atoms with Gasteiger partial charge in [-0.2, -0.15) is 0 Å². The maximum atomic E-state index is 12.3. The van der Waals surface area contributed by atoms with Crippen molar-refractivity contribution in [1.29, 1.82) is 0 Å². The number of hydrogen-bond donors (Lipinski definition) is 0. The Bertz CT molecular complexity index is 1790. The molecule has 4 aromatic carbocycles. The molecule has 0 saturated heterocycles. The summed E-state index contributed by atoms with van der Waals surface area (Å²) in [5.41, 5.74) is 7.22. The molecule has 0 bridgehead atoms. The zero-order valence-corrected chi connectivity index (χ0v) is 27.4. The molecule has 0 radical (unpaired) electrons. The van der Waals surface area contributed by atoms with Crippen LogP contribution in [0.1, 0.15) is 49.9 Å². The number of ether oxygens (including phenoxy) is 2. The van der Waals surface area contributed by atoms with Gasteiger partial charge in [0.15, 0.2) is 0 Å². The van der Waals surface area contributed by atoms with Gasteiger partial charge in [-0.05, 0) is 108 Å². The van der Waals surface area contributed by atoms with E-state index in [2.05, 4.69) is 52.0 Å². The standard InChI is InChI=1S/C40H36N2O6/c1-5-25-19-29(20-26(6-2)39(25)47-33-13-9-11-31(23-33)41-35(43)15-16-36(41)44)30-21-27(7-3)40(28(8-4)22-30)48-34-14-10-12-32(24-34)42-37(45)17-18-38(42)46/h9-24H,5-8H2,1-4H3. The fraction of sp³-hybridized carbons (Fsp3) is 0.200. The molecule has 0 saturated carbocycles. The van der Waals surface area contributed by atoms with Crippen LogP contribution < -0.4 is 19.3 Å². The first-order valence-electron chi connectivity index (χ1n) is 16.2. The lowest BCUT2D eigenvalue weighted by molar-refractivity contribution is -0.121. The predicted molar refractivity (Wildman–Crippen MR) is 186 cm³/mol. The highest BCUT2D eigenvalue weighted by molar-refractivity contribution is 6.28. The fourth-order valence-corrected chi connectivity index (χ4v) is 6.07. The topological polar surface area (TPSA) is 93.2 Å². The van der Waals surface area contributed by atoms with E-state index in [9.17, 15) is 19.2 Å². The van der Waals surface area contributed by atoms with Crippen LogP contribution in [0.5, 0.6) is 23.0 Å². The molecular formula is C40H36N2O6. The van der Waals surface area contributed by atoms with Crippen molar-refractivity contribution < 1.29 is 28.7 Å². The average molecular weight is 641 g/mol. The molecule has 2 heterocycles. The molecule has 0 aromatic heterocycles. The summed E-state index contributed by atoms with van der Waals surface area (Å²) in [5, 5.41) is 0. The van der Waals surface area contributed by atoms with Crippen molar-refractivity contribution >= 4 is 35.0 Å². The maximum absolute atomic E-state index is 12.3. The van der Waals surface area contributed by atoms with Gasteiger partial charge >= 0.3 is 0 Å². The highest BCUT2D eigenvalue weighted by Gasteiger charge is 2.27. The summed E-state index contributed by atoms with van der Waals surface area (Å²) in [4.78, 5) is 51.3. The number of benzene rings is 4. The quantitative estimate of drug-likeness (QED) is 0.154. The van der Waals surface area contributed by atoms with Crippen LogP contribution in [0.4, 0.5) is 11.4 Å². The number of carbonyl (C=O) groups is 4. The molecule has 2 aliphatic heterocycles. The van der Waals surface area contributed by atoms with Crippen molar-refractivity contribution in [3.8, 4) is 34.1 Å². The first-order chi connectivity index (χ1) is 23.2. The fourth-order valence-electron chi connectivity index (χ4n) is 6.07. The van der Waals surface area contributed by atoms with Crippen LogP contribution in [0.3, 0.4) is 0 Å². The zero-order valence-electron chi connectivity index (χ0n) is 27.4. The molecule has 8 heteroatoms. The van der Waals surface area contributed by atoms with E-state index in [4.69, 9.17) is 9.47 Å². The third-order valence-corrected chi connectivity index (χ3v) is 8.55. The monoisotopic (exact) mass is 640 g/mol. The molecule has 242 valence electrons. The molecule has 0 N–H and O–H groups in total. The Kier molecular flexibility index (Phi) is 9.08. The van der Waals surface area contributed by atoms with Crippen molar-refractivity contribution in [2.75, 3.05) is 9.80 Å². The molecule has 0 fully saturated rings. The van der Waals surface area contributed by atoms with E-state index in [-0.39, 0.29) is 23.6 Å². The Morgan fingerprint density at radius 3 is 1.06 bits per heavy atom. The van der Waals surface area contributed by atoms with Crippen molar-refractivity contribution in [2.45, 2.75) is 53.4 Å². The number of hydrogen-bond acceptors (Lipinski definition) is 6. The molecule has 4 amide bonds. The highest BCUT2D eigenvalue weighted by Crippen LogP contribution is 2.40. The second-order valence-corrected chi connectivity index (χ2v) is 11.6. The number of carbonyl (C=O) groups excluding carboxylic acids is 4. The van der Waals surface area contributed by atoms with Crippen LogP contribution in [0.15, 0.2) is 97.1 Å². The highest BCUT2D eigenvalue weighted by atomic mass is 16.5. The molecule has 0 spiro atoms. The van der Waals surface area contributed by atoms with Gasteiger partial charge < -0.3 is 9.47 Å². The minimum atomic E-state index is -0.375. The largest absolute Gasteiger partial charge is 0.457 e. The van der Waals surface area contributed by atoms with E-state index >= 15 is 0 Å². The summed E-state index contributed by atoms with van der Waals surface area (Å²) in [5.74, 6) is 1.13. The van der Waals surface area contributed by atoms with Gasteiger partial charge in [0, 0.05) is 36.4 Å². The number of nitrogens with zero attached hydrogens (tertiary/aromatic N) is 2. The zero-order chi connectivity index (χ0) is 33.9. The maximum Gasteiger partial charge on any atom is 0.258 e. The summed E-state index contributed by atoms with van der Waals surface area (Å²) >= 11 is 0. The summed E-state index contributed by atoms with van der Waals surface area (Å²) < 4.78 is 13.0. The Hall–Kier alpha value is -5.76. The molecule has 0 atom stereocenters. The summed E-state index contributed by atoms with van der Waals surface area (Å²) in [7, 11) is 0. The van der Waals surface area contributed by atoms with Gasteiger partial charge in [-0.15, -0.1) is 0 Å². The first kappa shape index (κ1) is 32.2. The third kappa shape index (κ3) is 6.17. The summed E-state index contributed by atoms with van der Waals surface area (Å²) in [6, 6.07) is 22.7. The van der Waals surface area contributed by atoms with Gasteiger partial charge in [0.25, 0.3) is 23.6 Å². The lowest BCUT2D eigenvalue weighted by atomic mass is 9.92. The Balaban J connectivity index is 1.32. The third-order valence-electron chi connectivity index (χ3n) is 8.55. The molecule has 48 heavy (non-hydrogen) atoms. The second kappa shape index (κ2) is 13.5. The Morgan fingerprint density at radius 2 is 0.771 bits per heavy atom. The SMILES string of the molecule is CCc1cc(-c2cc(CC)c(Oc3cccc(N4C(=O)C=CC4=O)c3)c(CC)c2)cc(CC)c1Oc1cccc(N2C(=O)C=CC2=O)c1. The Morgan fingerprint density at radius 1 is 0.458 bits per heavy atom. The van der Waals surface area contributed by atoms with Crippen molar-refractivity contribution in [1.82, 2.24) is 0 Å². The summed E-state index contributed by atoms with van der Waals surface area (Å²) in [6.07, 6.45) is 8.01. The lowest BCUT2D eigenvalue weighted by Gasteiger charge is -2.20. The molecule has 0 unspecified atom stereocenters. The molecule has 2 aliphatic rings. The number of anilines is 2. The van der Waals surface area contributed by atoms with Gasteiger partial charge in [-0.1, -0.05) is 39.8 Å². The van der Waals surface area contributed by atoms with Gasteiger partial charge in [-0.25, -0.2) is 9.80 Å². The van der Waals surface area contributed by atoms with Gasteiger partial charge in [-0.3, -0.25) is 19.2 Å². The average Bonchev–Trinajstić information content (AvgIpc) is 3.62. The second-order valence-electron chi connectivity index (χ2n) is 11.6. The Labute approximate surface area is 279 Å². The molecule has 4 aromatic rings. The number of rotatable bonds is 11. The normalized spacial score (nSPS) is 14.1. The molecule has 0 aliphatic carbocycles. The molecular weight excluding hydrogens is 604 g/mol. The number of imide groups is 2. The first-order valence-corrected chi connectivity index (χ1v) is 16.2. The van der Waals surface area contributed by atoms with Crippen LogP contribution in [-0.2, 0) is 44.9 Å². The molecule has 6 rings (SSSR count). The van der Waals surface area contributed by atoms with E-state index in [1.54, 1.807) is 36.4 Å². The van der Waals surface area contributed by atoms with Gasteiger partial charge in [0.05, 0.1) is 11.4 Å². The predicted octanol–water partition coefficient (Wildman–Crippen LogP) is 8.05. The van der Waals surface area contributed by atoms with Crippen molar-refractivity contribution in [3.63, 3.8) is 0 Å². The number of amides is 4. The van der Waals surface area contributed by atoms with E-state index in [0.717, 1.165) is 80.4 Å². The van der Waals surface area contributed by atoms with Gasteiger partial charge in [0.1, 0.15) is 23.0 Å². The van der Waals surface area contributed by atoms with Crippen molar-refractivity contribution in [3.05, 3.63) is 119 Å². The molecule has 8 nitrogen and oxygen atoms in total. The lowest BCUT2D eigenvalue weighted by Crippen LogP contribution is -2.29. The van der Waals surface area contributed by atoms with Crippen LogP contribution >= 0.6 is 0 Å². The number of aryl methyl sites for hydroxylation is 4.